The summed E-state index contributed by atoms with van der Waals surface area (Å²) in [7, 11) is 0. The van der Waals surface area contributed by atoms with Crippen molar-refractivity contribution in [1.29, 1.82) is 0 Å². The van der Waals surface area contributed by atoms with Gasteiger partial charge in [0.15, 0.2) is 6.23 Å². The molecule has 88 valence electrons. The van der Waals surface area contributed by atoms with Crippen LogP contribution in [-0.4, -0.2) is 21.3 Å². The molecule has 0 saturated carbocycles. The van der Waals surface area contributed by atoms with Crippen molar-refractivity contribution < 1.29 is 9.66 Å². The van der Waals surface area contributed by atoms with Gasteiger partial charge >= 0.3 is 5.69 Å². The van der Waals surface area contributed by atoms with Gasteiger partial charge in [-0.15, -0.1) is 0 Å². The highest BCUT2D eigenvalue weighted by Gasteiger charge is 2.26. The van der Waals surface area contributed by atoms with Crippen LogP contribution >= 0.6 is 0 Å². The highest BCUT2D eigenvalue weighted by molar-refractivity contribution is 5.39. The predicted molar refractivity (Wildman–Crippen MR) is 57.2 cm³/mol. The SMILES string of the molecule is Cc1nn(C2CCCCO2)c(C)c1[N+](=O)[O-]. The monoisotopic (exact) mass is 225 g/mol. The molecule has 0 N–H and O–H groups in total. The van der Waals surface area contributed by atoms with Crippen LogP contribution in [0, 0.1) is 24.0 Å². The first kappa shape index (κ1) is 11.1. The van der Waals surface area contributed by atoms with E-state index in [9.17, 15) is 10.1 Å². The summed E-state index contributed by atoms with van der Waals surface area (Å²) in [5.41, 5.74) is 1.14. The van der Waals surface area contributed by atoms with Crippen LogP contribution < -0.4 is 0 Å². The summed E-state index contributed by atoms with van der Waals surface area (Å²) in [5.74, 6) is 0. The van der Waals surface area contributed by atoms with Crippen LogP contribution in [0.4, 0.5) is 5.69 Å². The largest absolute Gasteiger partial charge is 0.357 e. The van der Waals surface area contributed by atoms with Gasteiger partial charge in [0.2, 0.25) is 0 Å². The smallest absolute Gasteiger partial charge is 0.312 e. The van der Waals surface area contributed by atoms with E-state index in [1.54, 1.807) is 18.5 Å². The van der Waals surface area contributed by atoms with E-state index in [2.05, 4.69) is 5.10 Å². The van der Waals surface area contributed by atoms with Crippen molar-refractivity contribution in [2.75, 3.05) is 6.61 Å². The topological polar surface area (TPSA) is 70.2 Å². The Balaban J connectivity index is 2.34. The summed E-state index contributed by atoms with van der Waals surface area (Å²) < 4.78 is 7.22. The molecule has 6 heteroatoms. The first-order valence-corrected chi connectivity index (χ1v) is 5.43. The lowest BCUT2D eigenvalue weighted by Crippen LogP contribution is -2.20. The zero-order valence-corrected chi connectivity index (χ0v) is 9.47. The number of aromatic nitrogens is 2. The number of rotatable bonds is 2. The summed E-state index contributed by atoms with van der Waals surface area (Å²) in [6, 6.07) is 0. The number of hydrogen-bond donors (Lipinski definition) is 0. The van der Waals surface area contributed by atoms with Crippen molar-refractivity contribution in [3.05, 3.63) is 21.5 Å². The molecule has 1 aliphatic heterocycles. The molecule has 1 aromatic heterocycles. The fraction of sp³-hybridized carbons (Fsp3) is 0.700. The van der Waals surface area contributed by atoms with Gasteiger partial charge in [0, 0.05) is 6.61 Å². The number of hydrogen-bond acceptors (Lipinski definition) is 4. The van der Waals surface area contributed by atoms with Gasteiger partial charge in [0.05, 0.1) is 4.92 Å². The van der Waals surface area contributed by atoms with Crippen LogP contribution in [0.25, 0.3) is 0 Å². The molecule has 2 rings (SSSR count). The molecule has 0 amide bonds. The van der Waals surface area contributed by atoms with Crippen LogP contribution in [0.1, 0.15) is 36.9 Å². The third kappa shape index (κ3) is 1.80. The molecule has 1 fully saturated rings. The molecule has 0 radical (unpaired) electrons. The van der Waals surface area contributed by atoms with Gasteiger partial charge in [-0.25, -0.2) is 4.68 Å². The summed E-state index contributed by atoms with van der Waals surface area (Å²) in [6.07, 6.45) is 2.87. The molecule has 1 aliphatic rings. The minimum absolute atomic E-state index is 0.106. The Labute approximate surface area is 93.4 Å². The molecule has 1 saturated heterocycles. The molecule has 1 aromatic rings. The van der Waals surface area contributed by atoms with Crippen LogP contribution in [0.3, 0.4) is 0 Å². The van der Waals surface area contributed by atoms with Gasteiger partial charge in [0.1, 0.15) is 11.4 Å². The Morgan fingerprint density at radius 3 is 2.75 bits per heavy atom. The van der Waals surface area contributed by atoms with Crippen molar-refractivity contribution >= 4 is 5.69 Å². The molecular weight excluding hydrogens is 210 g/mol. The van der Waals surface area contributed by atoms with Crippen molar-refractivity contribution in [2.45, 2.75) is 39.3 Å². The zero-order chi connectivity index (χ0) is 11.7. The molecule has 1 unspecified atom stereocenters. The minimum atomic E-state index is -0.378. The van der Waals surface area contributed by atoms with Gasteiger partial charge in [-0.2, -0.15) is 5.10 Å². The van der Waals surface area contributed by atoms with Gasteiger partial charge < -0.3 is 4.74 Å². The number of nitrogens with zero attached hydrogens (tertiary/aromatic N) is 3. The highest BCUT2D eigenvalue weighted by Crippen LogP contribution is 2.29. The van der Waals surface area contributed by atoms with E-state index in [1.807, 2.05) is 0 Å². The lowest BCUT2D eigenvalue weighted by Gasteiger charge is -2.23. The Morgan fingerprint density at radius 1 is 1.50 bits per heavy atom. The Morgan fingerprint density at radius 2 is 2.25 bits per heavy atom. The van der Waals surface area contributed by atoms with E-state index < -0.39 is 0 Å². The number of ether oxygens (including phenoxy) is 1. The zero-order valence-electron chi connectivity index (χ0n) is 9.47. The minimum Gasteiger partial charge on any atom is -0.357 e. The van der Waals surface area contributed by atoms with Gasteiger partial charge in [-0.05, 0) is 33.1 Å². The molecule has 0 aliphatic carbocycles. The van der Waals surface area contributed by atoms with E-state index >= 15 is 0 Å². The molecule has 0 bridgehead atoms. The second-order valence-electron chi connectivity index (χ2n) is 4.04. The Kier molecular flexibility index (Phi) is 2.91. The molecule has 0 aromatic carbocycles. The van der Waals surface area contributed by atoms with Gasteiger partial charge in [0.25, 0.3) is 0 Å². The third-order valence-corrected chi connectivity index (χ3v) is 2.90. The van der Waals surface area contributed by atoms with Gasteiger partial charge in [-0.1, -0.05) is 0 Å². The predicted octanol–water partition coefficient (Wildman–Crippen LogP) is 2.11. The summed E-state index contributed by atoms with van der Waals surface area (Å²) >= 11 is 0. The van der Waals surface area contributed by atoms with Crippen molar-refractivity contribution in [3.63, 3.8) is 0 Å². The standard InChI is InChI=1S/C10H15N3O3/c1-7-10(13(14)15)8(2)12(11-7)9-5-3-4-6-16-9/h9H,3-6H2,1-2H3. The van der Waals surface area contributed by atoms with E-state index in [4.69, 9.17) is 4.74 Å². The summed E-state index contributed by atoms with van der Waals surface area (Å²) in [5, 5.41) is 15.1. The third-order valence-electron chi connectivity index (χ3n) is 2.90. The van der Waals surface area contributed by atoms with Crippen molar-refractivity contribution in [3.8, 4) is 0 Å². The van der Waals surface area contributed by atoms with Crippen LogP contribution in [0.5, 0.6) is 0 Å². The molecule has 0 spiro atoms. The molecular formula is C10H15N3O3. The Bertz CT molecular complexity index is 408. The second-order valence-corrected chi connectivity index (χ2v) is 4.04. The van der Waals surface area contributed by atoms with E-state index in [0.29, 0.717) is 18.0 Å². The maximum Gasteiger partial charge on any atom is 0.312 e. The lowest BCUT2D eigenvalue weighted by molar-refractivity contribution is -0.386. The second kappa shape index (κ2) is 4.21. The normalized spacial score (nSPS) is 21.0. The fourth-order valence-corrected chi connectivity index (χ4v) is 2.12. The van der Waals surface area contributed by atoms with Crippen molar-refractivity contribution in [2.24, 2.45) is 0 Å². The van der Waals surface area contributed by atoms with Gasteiger partial charge in [-0.3, -0.25) is 10.1 Å². The first-order chi connectivity index (χ1) is 7.61. The maximum atomic E-state index is 10.9. The van der Waals surface area contributed by atoms with E-state index in [-0.39, 0.29) is 16.8 Å². The maximum absolute atomic E-state index is 10.9. The molecule has 16 heavy (non-hydrogen) atoms. The molecule has 2 heterocycles. The average molecular weight is 225 g/mol. The average Bonchev–Trinajstić information content (AvgIpc) is 2.55. The van der Waals surface area contributed by atoms with Crippen LogP contribution in [0.15, 0.2) is 0 Å². The summed E-state index contributed by atoms with van der Waals surface area (Å²) in [6.45, 7) is 4.08. The van der Waals surface area contributed by atoms with Crippen LogP contribution in [0.2, 0.25) is 0 Å². The van der Waals surface area contributed by atoms with E-state index in [0.717, 1.165) is 19.3 Å². The van der Waals surface area contributed by atoms with Crippen LogP contribution in [-0.2, 0) is 4.74 Å². The Hall–Kier alpha value is -1.43. The summed E-state index contributed by atoms with van der Waals surface area (Å²) in [4.78, 5) is 10.5. The molecule has 6 nitrogen and oxygen atoms in total. The number of aryl methyl sites for hydroxylation is 1. The number of nitro groups is 1. The first-order valence-electron chi connectivity index (χ1n) is 5.43. The molecule has 1 atom stereocenters. The van der Waals surface area contributed by atoms with Crippen molar-refractivity contribution in [1.82, 2.24) is 9.78 Å². The van der Waals surface area contributed by atoms with E-state index in [1.165, 1.54) is 0 Å². The highest BCUT2D eigenvalue weighted by atomic mass is 16.6. The fourth-order valence-electron chi connectivity index (χ4n) is 2.12. The quantitative estimate of drug-likeness (QED) is 0.571. The lowest BCUT2D eigenvalue weighted by atomic mass is 10.2.